The maximum atomic E-state index is 2.58. The van der Waals surface area contributed by atoms with Gasteiger partial charge in [0, 0.05) is 44.9 Å². The van der Waals surface area contributed by atoms with Crippen molar-refractivity contribution < 1.29 is 0 Å². The SMILES string of the molecule is CC1(C)CCC(C)(C)c2cc(-c3ccc(N4c5cc(-c6ccccc6)ccc5B5c6ccc(-c7ccccc7)cc6N(c6ccc(-c7ccccc7)cc6)c6cc(-n7c8ccccc8c8ccccc87)cc4c65)cc3)ccc21. The molecule has 0 unspecified atom stereocenters. The molecule has 0 radical (unpaired) electrons. The van der Waals surface area contributed by atoms with Crippen LogP contribution in [0.2, 0.25) is 0 Å². The molecule has 11 aromatic carbocycles. The Morgan fingerprint density at radius 2 is 0.679 bits per heavy atom. The molecular weight excluding hydrogens is 942 g/mol. The first-order valence-electron chi connectivity index (χ1n) is 27.7. The number of hydrogen-bond acceptors (Lipinski definition) is 2. The van der Waals surface area contributed by atoms with Gasteiger partial charge in [0.25, 0.3) is 6.71 Å². The van der Waals surface area contributed by atoms with Crippen LogP contribution in [-0.4, -0.2) is 11.3 Å². The summed E-state index contributed by atoms with van der Waals surface area (Å²) >= 11 is 0. The van der Waals surface area contributed by atoms with Crippen LogP contribution in [0.1, 0.15) is 51.7 Å². The minimum Gasteiger partial charge on any atom is -0.311 e. The first-order valence-corrected chi connectivity index (χ1v) is 27.7. The Hall–Kier alpha value is -9.12. The summed E-state index contributed by atoms with van der Waals surface area (Å²) in [5.74, 6) is 0. The molecule has 12 aromatic rings. The van der Waals surface area contributed by atoms with Gasteiger partial charge in [0.15, 0.2) is 0 Å². The molecule has 0 amide bonds. The second-order valence-electron chi connectivity index (χ2n) is 23.1. The maximum Gasteiger partial charge on any atom is 0.252 e. The van der Waals surface area contributed by atoms with E-state index in [1.165, 1.54) is 129 Å². The lowest BCUT2D eigenvalue weighted by molar-refractivity contribution is 0.332. The molecule has 15 rings (SSSR count). The lowest BCUT2D eigenvalue weighted by Crippen LogP contribution is -2.61. The highest BCUT2D eigenvalue weighted by Crippen LogP contribution is 2.50. The average Bonchev–Trinajstić information content (AvgIpc) is 3.99. The molecule has 0 bridgehead atoms. The molecule has 3 aliphatic rings. The molecule has 78 heavy (non-hydrogen) atoms. The molecule has 1 aliphatic carbocycles. The third-order valence-corrected chi connectivity index (χ3v) is 17.7. The van der Waals surface area contributed by atoms with Gasteiger partial charge < -0.3 is 14.4 Å². The molecule has 0 saturated carbocycles. The molecule has 1 aromatic heterocycles. The van der Waals surface area contributed by atoms with Crippen molar-refractivity contribution in [1.29, 1.82) is 0 Å². The number of hydrogen-bond donors (Lipinski definition) is 0. The molecule has 3 heterocycles. The van der Waals surface area contributed by atoms with Gasteiger partial charge >= 0.3 is 0 Å². The Labute approximate surface area is 458 Å². The van der Waals surface area contributed by atoms with Crippen LogP contribution in [0.25, 0.3) is 72.0 Å². The van der Waals surface area contributed by atoms with Crippen molar-refractivity contribution in [3.8, 4) is 50.2 Å². The van der Waals surface area contributed by atoms with E-state index in [2.05, 4.69) is 297 Å². The van der Waals surface area contributed by atoms with Gasteiger partial charge in [0.1, 0.15) is 0 Å². The third kappa shape index (κ3) is 7.34. The maximum absolute atomic E-state index is 2.58. The van der Waals surface area contributed by atoms with Crippen LogP contribution in [0.4, 0.5) is 34.1 Å². The monoisotopic (exact) mass is 999 g/mol. The zero-order valence-electron chi connectivity index (χ0n) is 44.6. The van der Waals surface area contributed by atoms with Crippen molar-refractivity contribution in [3.63, 3.8) is 0 Å². The Kier molecular flexibility index (Phi) is 10.5. The molecule has 0 fully saturated rings. The summed E-state index contributed by atoms with van der Waals surface area (Å²) in [4.78, 5) is 5.14. The van der Waals surface area contributed by atoms with Gasteiger partial charge in [-0.25, -0.2) is 0 Å². The van der Waals surface area contributed by atoms with Gasteiger partial charge in [-0.05, 0) is 156 Å². The number of aromatic nitrogens is 1. The summed E-state index contributed by atoms with van der Waals surface area (Å²) in [5, 5.41) is 2.48. The zero-order chi connectivity index (χ0) is 52.3. The summed E-state index contributed by atoms with van der Waals surface area (Å²) in [6.45, 7) is 9.61. The van der Waals surface area contributed by atoms with E-state index < -0.39 is 0 Å². The fourth-order valence-corrected chi connectivity index (χ4v) is 13.5. The molecule has 3 nitrogen and oxygen atoms in total. The first kappa shape index (κ1) is 46.2. The molecule has 0 spiro atoms. The minimum atomic E-state index is -0.0692. The van der Waals surface area contributed by atoms with E-state index in [0.29, 0.717) is 0 Å². The predicted molar refractivity (Wildman–Crippen MR) is 332 cm³/mol. The van der Waals surface area contributed by atoms with E-state index in [0.717, 1.165) is 17.1 Å². The smallest absolute Gasteiger partial charge is 0.252 e. The van der Waals surface area contributed by atoms with Crippen LogP contribution in [-0.2, 0) is 10.8 Å². The van der Waals surface area contributed by atoms with Gasteiger partial charge in [0.05, 0.1) is 16.7 Å². The highest BCUT2D eigenvalue weighted by atomic mass is 15.2. The highest BCUT2D eigenvalue weighted by Gasteiger charge is 2.44. The van der Waals surface area contributed by atoms with Gasteiger partial charge in [-0.1, -0.05) is 222 Å². The third-order valence-electron chi connectivity index (χ3n) is 17.7. The number of anilines is 6. The minimum absolute atomic E-state index is 0.0692. The van der Waals surface area contributed by atoms with Crippen LogP contribution >= 0.6 is 0 Å². The molecule has 0 saturated heterocycles. The highest BCUT2D eigenvalue weighted by molar-refractivity contribution is 7.00. The second kappa shape index (κ2) is 17.7. The van der Waals surface area contributed by atoms with Crippen LogP contribution in [0.3, 0.4) is 0 Å². The van der Waals surface area contributed by atoms with Crippen molar-refractivity contribution in [2.24, 2.45) is 0 Å². The van der Waals surface area contributed by atoms with Crippen molar-refractivity contribution in [2.45, 2.75) is 51.4 Å². The quantitative estimate of drug-likeness (QED) is 0.147. The second-order valence-corrected chi connectivity index (χ2v) is 23.1. The zero-order valence-corrected chi connectivity index (χ0v) is 44.6. The summed E-state index contributed by atoms with van der Waals surface area (Å²) in [5.41, 5.74) is 27.1. The van der Waals surface area contributed by atoms with E-state index in [1.807, 2.05) is 0 Å². The Balaban J connectivity index is 1.01. The van der Waals surface area contributed by atoms with E-state index in [9.17, 15) is 0 Å². The van der Waals surface area contributed by atoms with E-state index in [1.54, 1.807) is 0 Å². The Bertz CT molecular complexity index is 4250. The van der Waals surface area contributed by atoms with Gasteiger partial charge in [-0.2, -0.15) is 0 Å². The van der Waals surface area contributed by atoms with E-state index in [4.69, 9.17) is 0 Å². The average molecular weight is 1000 g/mol. The standard InChI is InChI=1S/C74H58BN3/c1-73(2)42-43-74(3,4)63-44-54(32-39-62(63)73)53-30-37-58(38-31-53)77-69-46-56(51-22-12-7-13-23-51)34-41-65(69)75-64-40-33-55(50-20-10-6-11-21-50)45-68(64)76(57-35-28-52(29-36-57)49-18-8-5-9-19-49)70-47-59(48-71(77)72(70)75)78-66-26-16-14-24-60(66)61-25-15-17-27-67(61)78/h5-41,44-48H,42-43H2,1-4H3. The number of para-hydroxylation sites is 2. The summed E-state index contributed by atoms with van der Waals surface area (Å²) in [6, 6.07) is 95.6. The van der Waals surface area contributed by atoms with Crippen molar-refractivity contribution in [3.05, 3.63) is 266 Å². The van der Waals surface area contributed by atoms with Gasteiger partial charge in [0.2, 0.25) is 0 Å². The fourth-order valence-electron chi connectivity index (χ4n) is 13.5. The van der Waals surface area contributed by atoms with Crippen molar-refractivity contribution in [2.75, 3.05) is 9.80 Å². The molecule has 372 valence electrons. The van der Waals surface area contributed by atoms with E-state index >= 15 is 0 Å². The molecule has 0 atom stereocenters. The number of fused-ring (bicyclic) bond motifs is 8. The van der Waals surface area contributed by atoms with Crippen molar-refractivity contribution >= 4 is 79.0 Å². The van der Waals surface area contributed by atoms with Crippen LogP contribution in [0.5, 0.6) is 0 Å². The molecule has 0 N–H and O–H groups in total. The largest absolute Gasteiger partial charge is 0.311 e. The molecular formula is C74H58BN3. The summed E-state index contributed by atoms with van der Waals surface area (Å²) < 4.78 is 2.50. The summed E-state index contributed by atoms with van der Waals surface area (Å²) in [6.07, 6.45) is 2.38. The predicted octanol–water partition coefficient (Wildman–Crippen LogP) is 17.9. The lowest BCUT2D eigenvalue weighted by atomic mass is 9.33. The molecule has 2 aliphatic heterocycles. The van der Waals surface area contributed by atoms with Gasteiger partial charge in [-0.3, -0.25) is 0 Å². The van der Waals surface area contributed by atoms with Crippen LogP contribution < -0.4 is 26.2 Å². The normalized spacial score (nSPS) is 14.7. The van der Waals surface area contributed by atoms with Gasteiger partial charge in [-0.15, -0.1) is 0 Å². The Morgan fingerprint density at radius 1 is 0.308 bits per heavy atom. The summed E-state index contributed by atoms with van der Waals surface area (Å²) in [7, 11) is 0. The van der Waals surface area contributed by atoms with E-state index in [-0.39, 0.29) is 17.5 Å². The number of nitrogens with zero attached hydrogens (tertiary/aromatic N) is 3. The van der Waals surface area contributed by atoms with Crippen LogP contribution in [0, 0.1) is 0 Å². The Morgan fingerprint density at radius 3 is 1.17 bits per heavy atom. The first-order chi connectivity index (χ1) is 38.2. The lowest BCUT2D eigenvalue weighted by Gasteiger charge is -2.44. The van der Waals surface area contributed by atoms with Crippen LogP contribution in [0.15, 0.2) is 255 Å². The number of benzene rings is 11. The fraction of sp³-hybridized carbons (Fsp3) is 0.108. The molecule has 4 heteroatoms. The van der Waals surface area contributed by atoms with Crippen molar-refractivity contribution in [1.82, 2.24) is 4.57 Å². The topological polar surface area (TPSA) is 11.4 Å². The number of rotatable bonds is 7.